The Bertz CT molecular complexity index is 1440. The van der Waals surface area contributed by atoms with Crippen LogP contribution in [-0.4, -0.2) is 82.5 Å². The molecule has 0 amide bonds. The van der Waals surface area contributed by atoms with Crippen LogP contribution < -0.4 is 10.2 Å². The zero-order chi connectivity index (χ0) is 26.1. The zero-order valence-corrected chi connectivity index (χ0v) is 21.8. The van der Waals surface area contributed by atoms with Gasteiger partial charge >= 0.3 is 0 Å². The Labute approximate surface area is 222 Å². The van der Waals surface area contributed by atoms with Crippen molar-refractivity contribution >= 4 is 28.1 Å². The van der Waals surface area contributed by atoms with Gasteiger partial charge in [-0.15, -0.1) is 0 Å². The van der Waals surface area contributed by atoms with Crippen LogP contribution in [0.5, 0.6) is 0 Å². The summed E-state index contributed by atoms with van der Waals surface area (Å²) in [7, 11) is 2.15. The Balaban J connectivity index is 1.19. The molecule has 1 saturated heterocycles. The summed E-state index contributed by atoms with van der Waals surface area (Å²) < 4.78 is 15.0. The van der Waals surface area contributed by atoms with Gasteiger partial charge in [-0.1, -0.05) is 18.7 Å². The maximum absolute atomic E-state index is 12.9. The van der Waals surface area contributed by atoms with Gasteiger partial charge < -0.3 is 15.1 Å². The van der Waals surface area contributed by atoms with Crippen molar-refractivity contribution in [3.63, 3.8) is 0 Å². The third-order valence-corrected chi connectivity index (χ3v) is 7.59. The van der Waals surface area contributed by atoms with Crippen molar-refractivity contribution in [2.45, 2.75) is 13.1 Å². The van der Waals surface area contributed by atoms with Crippen LogP contribution in [0.2, 0.25) is 0 Å². The van der Waals surface area contributed by atoms with E-state index in [1.54, 1.807) is 0 Å². The fourth-order valence-corrected chi connectivity index (χ4v) is 5.24. The summed E-state index contributed by atoms with van der Waals surface area (Å²) in [4.78, 5) is 16.1. The van der Waals surface area contributed by atoms with Gasteiger partial charge in [-0.05, 0) is 42.3 Å². The number of nitrogens with zero attached hydrogens (tertiary/aromatic N) is 7. The van der Waals surface area contributed by atoms with Crippen LogP contribution in [0.25, 0.3) is 27.6 Å². The van der Waals surface area contributed by atoms with Crippen molar-refractivity contribution in [1.29, 1.82) is 0 Å². The van der Waals surface area contributed by atoms with Crippen molar-refractivity contribution in [2.24, 2.45) is 0 Å². The molecule has 0 radical (unpaired) electrons. The van der Waals surface area contributed by atoms with Crippen LogP contribution >= 0.6 is 0 Å². The molecule has 0 unspecified atom stereocenters. The molecule has 196 valence electrons. The number of nitrogens with one attached hydrogen (secondary N) is 1. The monoisotopic (exact) mass is 512 g/mol. The first-order chi connectivity index (χ1) is 18.6. The summed E-state index contributed by atoms with van der Waals surface area (Å²) in [6, 6.07) is 12.5. The number of hydrogen-bond donors (Lipinski definition) is 1. The molecule has 4 aromatic rings. The number of hydrogen-bond acceptors (Lipinski definition) is 7. The van der Waals surface area contributed by atoms with E-state index >= 15 is 0 Å². The minimum Gasteiger partial charge on any atom is -0.354 e. The van der Waals surface area contributed by atoms with Crippen LogP contribution in [0.15, 0.2) is 61.6 Å². The number of piperazine rings is 1. The van der Waals surface area contributed by atoms with Crippen LogP contribution in [0.4, 0.5) is 16.0 Å². The lowest BCUT2D eigenvalue weighted by Crippen LogP contribution is -2.44. The number of rotatable bonds is 7. The molecule has 1 aromatic carbocycles. The average molecular weight is 513 g/mol. The number of anilines is 2. The van der Waals surface area contributed by atoms with Gasteiger partial charge in [0.05, 0.1) is 18.4 Å². The van der Waals surface area contributed by atoms with Gasteiger partial charge in [0, 0.05) is 80.4 Å². The van der Waals surface area contributed by atoms with E-state index in [2.05, 4.69) is 79.0 Å². The third kappa shape index (κ3) is 4.99. The molecule has 6 rings (SSSR count). The Morgan fingerprint density at radius 3 is 2.61 bits per heavy atom. The highest BCUT2D eigenvalue weighted by atomic mass is 19.1. The predicted molar refractivity (Wildman–Crippen MR) is 151 cm³/mol. The van der Waals surface area contributed by atoms with Gasteiger partial charge in [0.25, 0.3) is 0 Å². The maximum atomic E-state index is 12.9. The van der Waals surface area contributed by atoms with Gasteiger partial charge in [-0.25, -0.2) is 14.4 Å². The number of halogens is 1. The molecular formula is C29H33FN8. The molecule has 9 heteroatoms. The normalized spacial score (nSPS) is 16.5. The van der Waals surface area contributed by atoms with Gasteiger partial charge in [-0.2, -0.15) is 5.10 Å². The van der Waals surface area contributed by atoms with Crippen molar-refractivity contribution in [3.05, 3.63) is 72.8 Å². The number of alkyl halides is 1. The quantitative estimate of drug-likeness (QED) is 0.400. The SMILES string of the molecule is C=C(Nc1cc2cc(-c3cnn4c3CN(CCF)CC4)ccc2cn1)c1ccc(N2CCN(C)CC2)nc1. The van der Waals surface area contributed by atoms with E-state index in [0.717, 1.165) is 89.8 Å². The molecule has 0 spiro atoms. The molecule has 0 aliphatic carbocycles. The van der Waals surface area contributed by atoms with Crippen molar-refractivity contribution in [3.8, 4) is 11.1 Å². The second-order valence-corrected chi connectivity index (χ2v) is 10.1. The Kier molecular flexibility index (Phi) is 6.78. The van der Waals surface area contributed by atoms with Gasteiger partial charge in [0.15, 0.2) is 0 Å². The van der Waals surface area contributed by atoms with Crippen LogP contribution in [-0.2, 0) is 13.1 Å². The fourth-order valence-electron chi connectivity index (χ4n) is 5.24. The number of fused-ring (bicyclic) bond motifs is 2. The lowest BCUT2D eigenvalue weighted by Gasteiger charge is -2.33. The Morgan fingerprint density at radius 2 is 1.82 bits per heavy atom. The molecule has 0 atom stereocenters. The molecule has 0 bridgehead atoms. The number of benzene rings is 1. The lowest BCUT2D eigenvalue weighted by atomic mass is 10.0. The summed E-state index contributed by atoms with van der Waals surface area (Å²) >= 11 is 0. The van der Waals surface area contributed by atoms with Crippen molar-refractivity contribution < 1.29 is 4.39 Å². The number of aromatic nitrogens is 4. The molecule has 5 heterocycles. The fraction of sp³-hybridized carbons (Fsp3) is 0.345. The molecule has 1 N–H and O–H groups in total. The molecule has 0 saturated carbocycles. The summed E-state index contributed by atoms with van der Waals surface area (Å²) in [6.45, 7) is 10.8. The molecule has 8 nitrogen and oxygen atoms in total. The Morgan fingerprint density at radius 1 is 0.947 bits per heavy atom. The van der Waals surface area contributed by atoms with E-state index in [9.17, 15) is 4.39 Å². The highest BCUT2D eigenvalue weighted by molar-refractivity contribution is 5.90. The minimum atomic E-state index is -0.329. The molecular weight excluding hydrogens is 479 g/mol. The highest BCUT2D eigenvalue weighted by Crippen LogP contribution is 2.30. The van der Waals surface area contributed by atoms with Crippen molar-refractivity contribution in [1.82, 2.24) is 29.5 Å². The van der Waals surface area contributed by atoms with Gasteiger partial charge in [-0.3, -0.25) is 9.58 Å². The molecule has 2 aliphatic heterocycles. The van der Waals surface area contributed by atoms with E-state index in [0.29, 0.717) is 13.1 Å². The summed E-state index contributed by atoms with van der Waals surface area (Å²) in [6.07, 6.45) is 5.67. The first-order valence-corrected chi connectivity index (χ1v) is 13.2. The summed E-state index contributed by atoms with van der Waals surface area (Å²) in [5.41, 5.74) is 5.02. The topological polar surface area (TPSA) is 65.4 Å². The second kappa shape index (κ2) is 10.5. The van der Waals surface area contributed by atoms with E-state index in [1.807, 2.05) is 29.3 Å². The standard InChI is InChI=1S/C29H33FN8/c1-21(23-5-6-29(32-17-23)37-12-9-35(2)10-13-37)34-28-16-25-15-22(3-4-24(25)18-31-28)26-19-33-38-14-11-36(8-7-30)20-27(26)38/h3-6,15-19H,1,7-14,20H2,2H3,(H,31,34). The van der Waals surface area contributed by atoms with E-state index in [1.165, 1.54) is 0 Å². The number of likely N-dealkylation sites (N-methyl/N-ethyl adjacent to an activating group) is 1. The molecule has 1 fully saturated rings. The second-order valence-electron chi connectivity index (χ2n) is 10.1. The first kappa shape index (κ1) is 24.5. The van der Waals surface area contributed by atoms with Crippen LogP contribution in [0.3, 0.4) is 0 Å². The summed E-state index contributed by atoms with van der Waals surface area (Å²) in [5, 5.41) is 10.1. The van der Waals surface area contributed by atoms with Gasteiger partial charge in [0.2, 0.25) is 0 Å². The van der Waals surface area contributed by atoms with Crippen LogP contribution in [0, 0.1) is 0 Å². The third-order valence-electron chi connectivity index (χ3n) is 7.59. The van der Waals surface area contributed by atoms with Crippen molar-refractivity contribution in [2.75, 3.05) is 63.2 Å². The van der Waals surface area contributed by atoms with Gasteiger partial charge in [0.1, 0.15) is 18.3 Å². The molecule has 38 heavy (non-hydrogen) atoms. The smallest absolute Gasteiger partial charge is 0.130 e. The maximum Gasteiger partial charge on any atom is 0.130 e. The van der Waals surface area contributed by atoms with E-state index in [4.69, 9.17) is 0 Å². The summed E-state index contributed by atoms with van der Waals surface area (Å²) in [5.74, 6) is 1.73. The predicted octanol–water partition coefficient (Wildman–Crippen LogP) is 4.11. The van der Waals surface area contributed by atoms with Crippen LogP contribution in [0.1, 0.15) is 11.3 Å². The minimum absolute atomic E-state index is 0.329. The largest absolute Gasteiger partial charge is 0.354 e. The zero-order valence-electron chi connectivity index (χ0n) is 21.8. The average Bonchev–Trinajstić information content (AvgIpc) is 3.37. The molecule has 3 aromatic heterocycles. The lowest BCUT2D eigenvalue weighted by molar-refractivity contribution is 0.197. The Hall–Kier alpha value is -3.82. The highest BCUT2D eigenvalue weighted by Gasteiger charge is 2.21. The molecule has 2 aliphatic rings. The number of pyridine rings is 2. The van der Waals surface area contributed by atoms with E-state index in [-0.39, 0.29) is 6.67 Å². The van der Waals surface area contributed by atoms with E-state index < -0.39 is 0 Å². The first-order valence-electron chi connectivity index (χ1n) is 13.2.